The summed E-state index contributed by atoms with van der Waals surface area (Å²) in [5.41, 5.74) is -3.92. The number of carboxylic acid groups (broad SMARTS) is 1. The number of hydrogen-bond acceptors (Lipinski definition) is 2. The molecule has 0 aromatic heterocycles. The fraction of sp³-hybridized carbons (Fsp3) is 0.818. The predicted molar refractivity (Wildman–Crippen MR) is 61.0 cm³/mol. The minimum atomic E-state index is -5.51. The van der Waals surface area contributed by atoms with E-state index in [0.717, 1.165) is 0 Å². The average Bonchev–Trinajstić information content (AvgIpc) is 2.79. The molecule has 0 saturated carbocycles. The Morgan fingerprint density at radius 1 is 1.14 bits per heavy atom. The van der Waals surface area contributed by atoms with E-state index in [1.54, 1.807) is 0 Å². The first kappa shape index (κ1) is 18.4. The Kier molecular flexibility index (Phi) is 5.18. The van der Waals surface area contributed by atoms with E-state index in [1.165, 1.54) is 0 Å². The molecular weight excluding hydrogens is 322 g/mol. The SMILES string of the molecule is O=C(O)CCCNC(=O)N1CCC(C(F)(F)F)(C(F)(F)F)C1. The zero-order valence-electron chi connectivity index (χ0n) is 11.2. The summed E-state index contributed by atoms with van der Waals surface area (Å²) in [4.78, 5) is 22.2. The summed E-state index contributed by atoms with van der Waals surface area (Å²) in [5.74, 6) is -1.12. The van der Waals surface area contributed by atoms with Crippen molar-refractivity contribution in [1.82, 2.24) is 10.2 Å². The number of likely N-dealkylation sites (tertiary alicyclic amines) is 1. The van der Waals surface area contributed by atoms with E-state index in [9.17, 15) is 35.9 Å². The molecule has 0 bridgehead atoms. The van der Waals surface area contributed by atoms with Gasteiger partial charge in [-0.1, -0.05) is 0 Å². The molecule has 0 aromatic rings. The maximum atomic E-state index is 12.8. The molecule has 0 aliphatic carbocycles. The molecule has 1 fully saturated rings. The minimum Gasteiger partial charge on any atom is -0.481 e. The van der Waals surface area contributed by atoms with Crippen molar-refractivity contribution in [3.05, 3.63) is 0 Å². The van der Waals surface area contributed by atoms with Crippen LogP contribution >= 0.6 is 0 Å². The first-order chi connectivity index (χ1) is 9.91. The number of nitrogens with zero attached hydrogens (tertiary/aromatic N) is 1. The third kappa shape index (κ3) is 3.74. The molecule has 1 saturated heterocycles. The number of nitrogens with one attached hydrogen (secondary N) is 1. The van der Waals surface area contributed by atoms with E-state index < -0.39 is 49.3 Å². The molecule has 11 heteroatoms. The molecular formula is C11H14F6N2O3. The number of rotatable bonds is 4. The van der Waals surface area contributed by atoms with Crippen LogP contribution in [0, 0.1) is 5.41 Å². The van der Waals surface area contributed by atoms with E-state index in [4.69, 9.17) is 5.11 Å². The van der Waals surface area contributed by atoms with Crippen LogP contribution < -0.4 is 5.32 Å². The van der Waals surface area contributed by atoms with Crippen molar-refractivity contribution in [2.24, 2.45) is 5.41 Å². The summed E-state index contributed by atoms with van der Waals surface area (Å²) in [7, 11) is 0. The number of amides is 2. The molecule has 1 heterocycles. The molecule has 1 aliphatic heterocycles. The van der Waals surface area contributed by atoms with Gasteiger partial charge in [-0.3, -0.25) is 4.79 Å². The first-order valence-electron chi connectivity index (χ1n) is 6.29. The lowest BCUT2D eigenvalue weighted by Crippen LogP contribution is -2.52. The highest BCUT2D eigenvalue weighted by Gasteiger charge is 2.72. The molecule has 1 aliphatic rings. The van der Waals surface area contributed by atoms with E-state index in [-0.39, 0.29) is 19.4 Å². The summed E-state index contributed by atoms with van der Waals surface area (Å²) in [6.07, 6.45) is -12.5. The van der Waals surface area contributed by atoms with Crippen molar-refractivity contribution < 1.29 is 41.0 Å². The molecule has 2 N–H and O–H groups in total. The van der Waals surface area contributed by atoms with Gasteiger partial charge in [0.15, 0.2) is 5.41 Å². The van der Waals surface area contributed by atoms with Gasteiger partial charge in [0.1, 0.15) is 0 Å². The zero-order chi connectivity index (χ0) is 17.2. The van der Waals surface area contributed by atoms with Gasteiger partial charge in [-0.15, -0.1) is 0 Å². The Morgan fingerprint density at radius 3 is 2.09 bits per heavy atom. The monoisotopic (exact) mass is 336 g/mol. The number of hydrogen-bond donors (Lipinski definition) is 2. The Hall–Kier alpha value is -1.68. The number of urea groups is 1. The highest BCUT2D eigenvalue weighted by Crippen LogP contribution is 2.55. The van der Waals surface area contributed by atoms with E-state index in [1.807, 2.05) is 0 Å². The third-order valence-corrected chi connectivity index (χ3v) is 3.49. The van der Waals surface area contributed by atoms with Crippen LogP contribution in [0.3, 0.4) is 0 Å². The topological polar surface area (TPSA) is 69.6 Å². The van der Waals surface area contributed by atoms with Crippen LogP contribution in [0.4, 0.5) is 31.1 Å². The Balaban J connectivity index is 2.66. The second-order valence-electron chi connectivity index (χ2n) is 4.98. The number of halogens is 6. The maximum absolute atomic E-state index is 12.8. The summed E-state index contributed by atoms with van der Waals surface area (Å²) >= 11 is 0. The molecule has 1 rings (SSSR count). The number of aliphatic carboxylic acids is 1. The van der Waals surface area contributed by atoms with Crippen molar-refractivity contribution >= 4 is 12.0 Å². The Bertz CT molecular complexity index is 421. The van der Waals surface area contributed by atoms with Crippen LogP contribution in [0.1, 0.15) is 19.3 Å². The van der Waals surface area contributed by atoms with Crippen molar-refractivity contribution in [2.45, 2.75) is 31.6 Å². The molecule has 0 unspecified atom stereocenters. The largest absolute Gasteiger partial charge is 0.481 e. The second-order valence-corrected chi connectivity index (χ2v) is 4.98. The second kappa shape index (κ2) is 6.21. The summed E-state index contributed by atoms with van der Waals surface area (Å²) in [6, 6.07) is -1.07. The normalized spacial score (nSPS) is 18.4. The number of carboxylic acids is 1. The van der Waals surface area contributed by atoms with Crippen LogP contribution in [0.2, 0.25) is 0 Å². The van der Waals surface area contributed by atoms with E-state index in [2.05, 4.69) is 5.32 Å². The molecule has 0 aromatic carbocycles. The lowest BCUT2D eigenvalue weighted by atomic mass is 9.85. The average molecular weight is 336 g/mol. The van der Waals surface area contributed by atoms with Gasteiger partial charge in [0, 0.05) is 26.1 Å². The van der Waals surface area contributed by atoms with E-state index >= 15 is 0 Å². The fourth-order valence-corrected chi connectivity index (χ4v) is 2.15. The van der Waals surface area contributed by atoms with Crippen LogP contribution in [-0.4, -0.2) is 54.0 Å². The van der Waals surface area contributed by atoms with Crippen LogP contribution in [0.5, 0.6) is 0 Å². The quantitative estimate of drug-likeness (QED) is 0.612. The standard InChI is InChI=1S/C11H14F6N2O3/c12-10(13,14)9(11(15,16)17)3-5-19(6-9)8(22)18-4-1-2-7(20)21/h1-6H2,(H,18,22)(H,20,21). The van der Waals surface area contributed by atoms with Gasteiger partial charge < -0.3 is 15.3 Å². The van der Waals surface area contributed by atoms with Crippen molar-refractivity contribution in [2.75, 3.05) is 19.6 Å². The highest BCUT2D eigenvalue weighted by molar-refractivity contribution is 5.74. The predicted octanol–water partition coefficient (Wildman–Crippen LogP) is 2.38. The first-order valence-corrected chi connectivity index (χ1v) is 6.29. The Labute approximate surface area is 121 Å². The minimum absolute atomic E-state index is 0.0264. The lowest BCUT2D eigenvalue weighted by molar-refractivity contribution is -0.334. The molecule has 128 valence electrons. The summed E-state index contributed by atoms with van der Waals surface area (Å²) in [6.45, 7) is -2.32. The number of alkyl halides is 6. The molecule has 0 radical (unpaired) electrons. The molecule has 0 spiro atoms. The van der Waals surface area contributed by atoms with Gasteiger partial charge in [0.2, 0.25) is 0 Å². The zero-order valence-corrected chi connectivity index (χ0v) is 11.2. The molecule has 5 nitrogen and oxygen atoms in total. The number of carbonyl (C=O) groups is 2. The van der Waals surface area contributed by atoms with Gasteiger partial charge >= 0.3 is 24.4 Å². The van der Waals surface area contributed by atoms with Crippen molar-refractivity contribution in [3.63, 3.8) is 0 Å². The smallest absolute Gasteiger partial charge is 0.404 e. The van der Waals surface area contributed by atoms with Gasteiger partial charge in [-0.25, -0.2) is 4.79 Å². The van der Waals surface area contributed by atoms with Gasteiger partial charge in [-0.05, 0) is 12.8 Å². The molecule has 0 atom stereocenters. The van der Waals surface area contributed by atoms with E-state index in [0.29, 0.717) is 4.90 Å². The summed E-state index contributed by atoms with van der Waals surface area (Å²) in [5, 5.41) is 10.5. The van der Waals surface area contributed by atoms with Gasteiger partial charge in [-0.2, -0.15) is 26.3 Å². The third-order valence-electron chi connectivity index (χ3n) is 3.49. The van der Waals surface area contributed by atoms with Crippen LogP contribution in [0.15, 0.2) is 0 Å². The highest BCUT2D eigenvalue weighted by atomic mass is 19.4. The Morgan fingerprint density at radius 2 is 1.68 bits per heavy atom. The lowest BCUT2D eigenvalue weighted by Gasteiger charge is -2.33. The maximum Gasteiger partial charge on any atom is 0.404 e. The van der Waals surface area contributed by atoms with Gasteiger partial charge in [0.05, 0.1) is 0 Å². The summed E-state index contributed by atoms with van der Waals surface area (Å²) < 4.78 is 76.8. The van der Waals surface area contributed by atoms with Gasteiger partial charge in [0.25, 0.3) is 0 Å². The molecule has 22 heavy (non-hydrogen) atoms. The number of carbonyl (C=O) groups excluding carboxylic acids is 1. The van der Waals surface area contributed by atoms with Crippen molar-refractivity contribution in [3.8, 4) is 0 Å². The van der Waals surface area contributed by atoms with Crippen LogP contribution in [0.25, 0.3) is 0 Å². The fourth-order valence-electron chi connectivity index (χ4n) is 2.15. The van der Waals surface area contributed by atoms with Crippen molar-refractivity contribution in [1.29, 1.82) is 0 Å². The van der Waals surface area contributed by atoms with Crippen LogP contribution in [-0.2, 0) is 4.79 Å². The molecule has 2 amide bonds.